The molecule has 4 rings (SSSR count). The molecule has 0 spiro atoms. The molecule has 0 aliphatic heterocycles. The normalized spacial score (nSPS) is 10.6. The molecule has 0 fully saturated rings. The van der Waals surface area contributed by atoms with Gasteiger partial charge >= 0.3 is 0 Å². The molecule has 0 atom stereocenters. The molecule has 0 radical (unpaired) electrons. The van der Waals surface area contributed by atoms with Gasteiger partial charge in [0.05, 0.1) is 25.1 Å². The summed E-state index contributed by atoms with van der Waals surface area (Å²) in [6, 6.07) is 20.3. The van der Waals surface area contributed by atoms with Crippen LogP contribution in [0.2, 0.25) is 0 Å². The Kier molecular flexibility index (Phi) is 7.96. The number of methoxy groups -OCH3 is 1. The van der Waals surface area contributed by atoms with E-state index in [1.54, 1.807) is 17.7 Å². The van der Waals surface area contributed by atoms with Crippen LogP contribution in [0.4, 0.5) is 10.1 Å². The molecule has 0 aliphatic carbocycles. The predicted octanol–water partition coefficient (Wildman–Crippen LogP) is 4.38. The minimum atomic E-state index is -0.498. The zero-order valence-electron chi connectivity index (χ0n) is 19.7. The molecule has 2 amide bonds. The number of anilines is 1. The van der Waals surface area contributed by atoms with Crippen LogP contribution in [0.1, 0.15) is 21.7 Å². The van der Waals surface area contributed by atoms with Gasteiger partial charge in [-0.15, -0.1) is 10.2 Å². The zero-order chi connectivity index (χ0) is 25.5. The maximum absolute atomic E-state index is 13.5. The lowest BCUT2D eigenvalue weighted by Gasteiger charge is -2.14. The number of benzene rings is 3. The van der Waals surface area contributed by atoms with Crippen LogP contribution in [0.25, 0.3) is 5.69 Å². The minimum absolute atomic E-state index is 0.0242. The second kappa shape index (κ2) is 11.5. The molecule has 2 N–H and O–H groups in total. The summed E-state index contributed by atoms with van der Waals surface area (Å²) < 4.78 is 20.8. The number of carbonyl (C=O) groups excluding carboxylic acids is 2. The molecular weight excluding hydrogens is 481 g/mol. The van der Waals surface area contributed by atoms with Gasteiger partial charge in [0.1, 0.15) is 11.6 Å². The van der Waals surface area contributed by atoms with Crippen molar-refractivity contribution in [3.8, 4) is 11.4 Å². The van der Waals surface area contributed by atoms with Crippen molar-refractivity contribution in [2.24, 2.45) is 0 Å². The van der Waals surface area contributed by atoms with Crippen LogP contribution in [0.5, 0.6) is 5.75 Å². The third-order valence-corrected chi connectivity index (χ3v) is 6.08. The fourth-order valence-electron chi connectivity index (χ4n) is 3.51. The number of carbonyl (C=O) groups is 2. The number of nitrogens with one attached hydrogen (secondary N) is 2. The van der Waals surface area contributed by atoms with Crippen molar-refractivity contribution in [2.75, 3.05) is 18.2 Å². The Morgan fingerprint density at radius 2 is 1.83 bits per heavy atom. The molecule has 0 aliphatic rings. The van der Waals surface area contributed by atoms with E-state index in [1.165, 1.54) is 30.0 Å². The number of amides is 2. The second-order valence-corrected chi connectivity index (χ2v) is 8.75. The number of ether oxygens (including phenoxy) is 1. The summed E-state index contributed by atoms with van der Waals surface area (Å²) in [4.78, 5) is 25.1. The number of rotatable bonds is 9. The number of halogens is 1. The van der Waals surface area contributed by atoms with E-state index >= 15 is 0 Å². The Hall–Kier alpha value is -4.18. The Balaban J connectivity index is 1.54. The van der Waals surface area contributed by atoms with Crippen LogP contribution >= 0.6 is 11.8 Å². The van der Waals surface area contributed by atoms with Crippen LogP contribution in [0, 0.1) is 12.7 Å². The molecule has 0 bridgehead atoms. The first-order valence-electron chi connectivity index (χ1n) is 11.1. The number of hydrogen-bond acceptors (Lipinski definition) is 6. The Labute approximate surface area is 211 Å². The summed E-state index contributed by atoms with van der Waals surface area (Å²) in [5.74, 6) is -0.0528. The number of aryl methyl sites for hydroxylation is 1. The van der Waals surface area contributed by atoms with Crippen LogP contribution in [-0.4, -0.2) is 39.4 Å². The molecule has 184 valence electrons. The summed E-state index contributed by atoms with van der Waals surface area (Å²) in [5.41, 5.74) is 2.61. The highest BCUT2D eigenvalue weighted by Gasteiger charge is 2.19. The molecule has 8 nitrogen and oxygen atoms in total. The van der Waals surface area contributed by atoms with Gasteiger partial charge < -0.3 is 15.4 Å². The van der Waals surface area contributed by atoms with Gasteiger partial charge in [-0.1, -0.05) is 42.1 Å². The smallest absolute Gasteiger partial charge is 0.251 e. The molecule has 1 heterocycles. The maximum atomic E-state index is 13.5. The third-order valence-electron chi connectivity index (χ3n) is 5.15. The maximum Gasteiger partial charge on any atom is 0.251 e. The summed E-state index contributed by atoms with van der Waals surface area (Å²) in [7, 11) is 1.55. The lowest BCUT2D eigenvalue weighted by atomic mass is 10.2. The highest BCUT2D eigenvalue weighted by molar-refractivity contribution is 7.99. The van der Waals surface area contributed by atoms with Gasteiger partial charge in [-0.25, -0.2) is 4.39 Å². The number of hydrogen-bond donors (Lipinski definition) is 2. The molecule has 0 unspecified atom stereocenters. The van der Waals surface area contributed by atoms with Crippen LogP contribution < -0.4 is 15.4 Å². The zero-order valence-corrected chi connectivity index (χ0v) is 20.5. The van der Waals surface area contributed by atoms with E-state index in [0.717, 1.165) is 11.6 Å². The second-order valence-electron chi connectivity index (χ2n) is 7.81. The van der Waals surface area contributed by atoms with Crippen molar-refractivity contribution in [1.82, 2.24) is 20.1 Å². The molecule has 10 heteroatoms. The molecule has 1 aromatic heterocycles. The third kappa shape index (κ3) is 6.08. The summed E-state index contributed by atoms with van der Waals surface area (Å²) >= 11 is 1.21. The van der Waals surface area contributed by atoms with Crippen molar-refractivity contribution in [1.29, 1.82) is 0 Å². The predicted molar refractivity (Wildman–Crippen MR) is 136 cm³/mol. The number of aromatic nitrogens is 3. The number of thioether (sulfide) groups is 1. The molecule has 3 aromatic carbocycles. The molecule has 0 saturated heterocycles. The molecule has 36 heavy (non-hydrogen) atoms. The molecular formula is C26H24FN5O3S. The van der Waals surface area contributed by atoms with Crippen molar-refractivity contribution in [3.05, 3.63) is 95.6 Å². The Morgan fingerprint density at radius 1 is 1.03 bits per heavy atom. The van der Waals surface area contributed by atoms with Gasteiger partial charge in [0, 0.05) is 11.3 Å². The summed E-state index contributed by atoms with van der Waals surface area (Å²) in [6.45, 7) is 1.98. The van der Waals surface area contributed by atoms with Gasteiger partial charge in [0.2, 0.25) is 5.91 Å². The highest BCUT2D eigenvalue weighted by Crippen LogP contribution is 2.28. The average molecular weight is 506 g/mol. The van der Waals surface area contributed by atoms with Crippen LogP contribution in [0.15, 0.2) is 78.0 Å². The lowest BCUT2D eigenvalue weighted by molar-refractivity contribution is -0.113. The largest absolute Gasteiger partial charge is 0.495 e. The standard InChI is InChI=1S/C26H24FN5O3S/c1-17-7-5-10-20(13-17)29-24(33)16-36-26-31-30-23(32(26)21-11-3-4-12-22(21)35-2)15-28-25(34)18-8-6-9-19(27)14-18/h3-14H,15-16H2,1-2H3,(H,28,34)(H,29,33). The van der Waals surface area contributed by atoms with Crippen molar-refractivity contribution < 1.29 is 18.7 Å². The number of para-hydroxylation sites is 2. The van der Waals surface area contributed by atoms with Gasteiger partial charge in [-0.05, 0) is 55.0 Å². The molecule has 0 saturated carbocycles. The first kappa shape index (κ1) is 24.9. The van der Waals surface area contributed by atoms with Crippen molar-refractivity contribution in [2.45, 2.75) is 18.6 Å². The van der Waals surface area contributed by atoms with Crippen molar-refractivity contribution in [3.63, 3.8) is 0 Å². The monoisotopic (exact) mass is 505 g/mol. The Bertz CT molecular complexity index is 1390. The Morgan fingerprint density at radius 3 is 2.61 bits per heavy atom. The number of nitrogens with zero attached hydrogens (tertiary/aromatic N) is 3. The SMILES string of the molecule is COc1ccccc1-n1c(CNC(=O)c2cccc(F)c2)nnc1SCC(=O)Nc1cccc(C)c1. The van der Waals surface area contributed by atoms with E-state index in [4.69, 9.17) is 4.74 Å². The van der Waals surface area contributed by atoms with E-state index < -0.39 is 11.7 Å². The van der Waals surface area contributed by atoms with Gasteiger partial charge in [0.25, 0.3) is 5.91 Å². The minimum Gasteiger partial charge on any atom is -0.495 e. The molecule has 4 aromatic rings. The quantitative estimate of drug-likeness (QED) is 0.328. The van der Waals surface area contributed by atoms with E-state index in [0.29, 0.717) is 28.1 Å². The summed E-state index contributed by atoms with van der Waals surface area (Å²) in [6.07, 6.45) is 0. The summed E-state index contributed by atoms with van der Waals surface area (Å²) in [5, 5.41) is 14.6. The van der Waals surface area contributed by atoms with E-state index in [9.17, 15) is 14.0 Å². The van der Waals surface area contributed by atoms with Gasteiger partial charge in [0.15, 0.2) is 11.0 Å². The van der Waals surface area contributed by atoms with Gasteiger partial charge in [-0.3, -0.25) is 14.2 Å². The fraction of sp³-hybridized carbons (Fsp3) is 0.154. The first-order chi connectivity index (χ1) is 17.4. The topological polar surface area (TPSA) is 98.1 Å². The van der Waals surface area contributed by atoms with E-state index in [1.807, 2.05) is 49.4 Å². The van der Waals surface area contributed by atoms with E-state index in [-0.39, 0.29) is 23.8 Å². The first-order valence-corrected chi connectivity index (χ1v) is 12.0. The lowest BCUT2D eigenvalue weighted by Crippen LogP contribution is -2.25. The van der Waals surface area contributed by atoms with Crippen LogP contribution in [-0.2, 0) is 11.3 Å². The van der Waals surface area contributed by atoms with Gasteiger partial charge in [-0.2, -0.15) is 0 Å². The van der Waals surface area contributed by atoms with Crippen molar-refractivity contribution >= 4 is 29.3 Å². The highest BCUT2D eigenvalue weighted by atomic mass is 32.2. The van der Waals surface area contributed by atoms with Crippen LogP contribution in [0.3, 0.4) is 0 Å². The van der Waals surface area contributed by atoms with E-state index in [2.05, 4.69) is 20.8 Å². The fourth-order valence-corrected chi connectivity index (χ4v) is 4.27. The average Bonchev–Trinajstić information content (AvgIpc) is 3.28.